The number of aromatic nitrogens is 3. The molecule has 0 radical (unpaired) electrons. The van der Waals surface area contributed by atoms with Crippen LogP contribution in [0.15, 0.2) is 36.9 Å². The summed E-state index contributed by atoms with van der Waals surface area (Å²) < 4.78 is 43.3. The van der Waals surface area contributed by atoms with E-state index in [0.717, 1.165) is 31.2 Å². The zero-order chi connectivity index (χ0) is 17.9. The predicted molar refractivity (Wildman–Crippen MR) is 80.8 cm³/mol. The standard InChI is InChI=1S/C16H15F3N4O2/c17-16(18,19)13-4-3-11(8-22-13)15(24)23-7-1-2-12(10-23)25-14-9-20-5-6-21-14/h3-6,8-9,12H,1-2,7,10H2/t12-/m1/s1. The van der Waals surface area contributed by atoms with E-state index in [1.165, 1.54) is 18.6 Å². The highest BCUT2D eigenvalue weighted by Crippen LogP contribution is 2.27. The van der Waals surface area contributed by atoms with Crippen molar-refractivity contribution in [1.82, 2.24) is 19.9 Å². The van der Waals surface area contributed by atoms with Crippen LogP contribution in [0.5, 0.6) is 5.88 Å². The second kappa shape index (κ2) is 7.04. The van der Waals surface area contributed by atoms with Crippen LogP contribution in [0.25, 0.3) is 0 Å². The molecular formula is C16H15F3N4O2. The summed E-state index contributed by atoms with van der Waals surface area (Å²) in [6.45, 7) is 0.844. The number of alkyl halides is 3. The van der Waals surface area contributed by atoms with Gasteiger partial charge in [-0.15, -0.1) is 0 Å². The molecule has 2 aromatic heterocycles. The van der Waals surface area contributed by atoms with Gasteiger partial charge in [0, 0.05) is 25.1 Å². The number of piperidine rings is 1. The van der Waals surface area contributed by atoms with Crippen LogP contribution >= 0.6 is 0 Å². The van der Waals surface area contributed by atoms with E-state index in [9.17, 15) is 18.0 Å². The van der Waals surface area contributed by atoms with Crippen LogP contribution in [0.1, 0.15) is 28.9 Å². The van der Waals surface area contributed by atoms with E-state index < -0.39 is 11.9 Å². The molecule has 1 amide bonds. The van der Waals surface area contributed by atoms with Gasteiger partial charge in [-0.25, -0.2) is 4.98 Å². The lowest BCUT2D eigenvalue weighted by Crippen LogP contribution is -2.44. The van der Waals surface area contributed by atoms with Crippen molar-refractivity contribution in [3.63, 3.8) is 0 Å². The number of nitrogens with zero attached hydrogens (tertiary/aromatic N) is 4. The first-order valence-corrected chi connectivity index (χ1v) is 7.68. The monoisotopic (exact) mass is 352 g/mol. The highest BCUT2D eigenvalue weighted by molar-refractivity contribution is 5.94. The van der Waals surface area contributed by atoms with Gasteiger partial charge in [-0.1, -0.05) is 0 Å². The molecule has 3 heterocycles. The van der Waals surface area contributed by atoms with E-state index in [4.69, 9.17) is 4.74 Å². The summed E-state index contributed by atoms with van der Waals surface area (Å²) in [4.78, 5) is 25.3. The number of carbonyl (C=O) groups is 1. The molecule has 3 rings (SSSR count). The summed E-state index contributed by atoms with van der Waals surface area (Å²) in [5.74, 6) is 0.00617. The molecule has 6 nitrogen and oxygen atoms in total. The lowest BCUT2D eigenvalue weighted by molar-refractivity contribution is -0.141. The lowest BCUT2D eigenvalue weighted by Gasteiger charge is -2.32. The molecule has 1 aliphatic rings. The Kier molecular flexibility index (Phi) is 4.82. The van der Waals surface area contributed by atoms with E-state index in [0.29, 0.717) is 19.0 Å². The summed E-state index contributed by atoms with van der Waals surface area (Å²) in [6.07, 6.45) is 2.20. The summed E-state index contributed by atoms with van der Waals surface area (Å²) in [5, 5.41) is 0. The van der Waals surface area contributed by atoms with Gasteiger partial charge in [-0.05, 0) is 25.0 Å². The van der Waals surface area contributed by atoms with Crippen LogP contribution in [0, 0.1) is 0 Å². The highest BCUT2D eigenvalue weighted by atomic mass is 19.4. The molecular weight excluding hydrogens is 337 g/mol. The number of likely N-dealkylation sites (tertiary alicyclic amines) is 1. The molecule has 0 spiro atoms. The smallest absolute Gasteiger partial charge is 0.433 e. The fourth-order valence-corrected chi connectivity index (χ4v) is 2.61. The van der Waals surface area contributed by atoms with Gasteiger partial charge >= 0.3 is 6.18 Å². The summed E-state index contributed by atoms with van der Waals surface area (Å²) in [5.41, 5.74) is -0.903. The Bertz CT molecular complexity index is 722. The van der Waals surface area contributed by atoms with Crippen molar-refractivity contribution in [2.75, 3.05) is 13.1 Å². The topological polar surface area (TPSA) is 68.2 Å². The second-order valence-electron chi connectivity index (χ2n) is 5.61. The highest BCUT2D eigenvalue weighted by Gasteiger charge is 2.33. The van der Waals surface area contributed by atoms with Gasteiger partial charge in [0.05, 0.1) is 18.3 Å². The average Bonchev–Trinajstić information content (AvgIpc) is 2.61. The van der Waals surface area contributed by atoms with Crippen molar-refractivity contribution in [2.45, 2.75) is 25.1 Å². The molecule has 0 bridgehead atoms. The Morgan fingerprint density at radius 1 is 1.20 bits per heavy atom. The van der Waals surface area contributed by atoms with Crippen LogP contribution in [0.4, 0.5) is 13.2 Å². The number of halogens is 3. The number of ether oxygens (including phenoxy) is 1. The van der Waals surface area contributed by atoms with Crippen molar-refractivity contribution < 1.29 is 22.7 Å². The Morgan fingerprint density at radius 3 is 2.68 bits per heavy atom. The van der Waals surface area contributed by atoms with Crippen molar-refractivity contribution >= 4 is 5.91 Å². The van der Waals surface area contributed by atoms with Crippen LogP contribution in [-0.2, 0) is 6.18 Å². The number of carbonyl (C=O) groups excluding carboxylic acids is 1. The van der Waals surface area contributed by atoms with Crippen LogP contribution < -0.4 is 4.74 Å². The fourth-order valence-electron chi connectivity index (χ4n) is 2.61. The average molecular weight is 352 g/mol. The Hall–Kier alpha value is -2.71. The zero-order valence-corrected chi connectivity index (χ0v) is 13.1. The van der Waals surface area contributed by atoms with E-state index in [-0.39, 0.29) is 17.6 Å². The molecule has 132 valence electrons. The molecule has 9 heteroatoms. The second-order valence-corrected chi connectivity index (χ2v) is 5.61. The van der Waals surface area contributed by atoms with E-state index in [1.54, 1.807) is 4.90 Å². The third-order valence-corrected chi connectivity index (χ3v) is 3.79. The first-order chi connectivity index (χ1) is 11.9. The quantitative estimate of drug-likeness (QED) is 0.849. The Morgan fingerprint density at radius 2 is 2.04 bits per heavy atom. The SMILES string of the molecule is O=C(c1ccc(C(F)(F)F)nc1)N1CCC[C@@H](Oc2cnccn2)C1. The number of pyridine rings is 1. The summed E-state index contributed by atoms with van der Waals surface area (Å²) in [7, 11) is 0. The largest absolute Gasteiger partial charge is 0.471 e. The van der Waals surface area contributed by atoms with Gasteiger partial charge in [0.2, 0.25) is 5.88 Å². The maximum absolute atomic E-state index is 12.5. The first kappa shape index (κ1) is 17.1. The minimum absolute atomic E-state index is 0.119. The number of amides is 1. The third-order valence-electron chi connectivity index (χ3n) is 3.79. The molecule has 1 aliphatic heterocycles. The van der Waals surface area contributed by atoms with E-state index in [2.05, 4.69) is 15.0 Å². The van der Waals surface area contributed by atoms with Crippen molar-refractivity contribution in [2.24, 2.45) is 0 Å². The van der Waals surface area contributed by atoms with Crippen molar-refractivity contribution in [3.8, 4) is 5.88 Å². The van der Waals surface area contributed by atoms with Crippen LogP contribution in [-0.4, -0.2) is 45.0 Å². The molecule has 1 atom stereocenters. The summed E-state index contributed by atoms with van der Waals surface area (Å²) >= 11 is 0. The number of hydrogen-bond donors (Lipinski definition) is 0. The fraction of sp³-hybridized carbons (Fsp3) is 0.375. The Balaban J connectivity index is 1.65. The van der Waals surface area contributed by atoms with Crippen molar-refractivity contribution in [1.29, 1.82) is 0 Å². The molecule has 2 aromatic rings. The molecule has 1 fully saturated rings. The molecule has 25 heavy (non-hydrogen) atoms. The lowest BCUT2D eigenvalue weighted by atomic mass is 10.1. The summed E-state index contributed by atoms with van der Waals surface area (Å²) in [6, 6.07) is 1.95. The van der Waals surface area contributed by atoms with Gasteiger partial charge in [0.1, 0.15) is 11.8 Å². The minimum atomic E-state index is -4.53. The Labute approximate surface area is 141 Å². The van der Waals surface area contributed by atoms with Gasteiger partial charge in [0.15, 0.2) is 0 Å². The van der Waals surface area contributed by atoms with Crippen LogP contribution in [0.3, 0.4) is 0 Å². The van der Waals surface area contributed by atoms with Gasteiger partial charge in [-0.3, -0.25) is 14.8 Å². The first-order valence-electron chi connectivity index (χ1n) is 7.68. The maximum atomic E-state index is 12.5. The molecule has 0 unspecified atom stereocenters. The van der Waals surface area contributed by atoms with Gasteiger partial charge in [-0.2, -0.15) is 13.2 Å². The van der Waals surface area contributed by atoms with Gasteiger partial charge < -0.3 is 9.64 Å². The van der Waals surface area contributed by atoms with Gasteiger partial charge in [0.25, 0.3) is 5.91 Å². The maximum Gasteiger partial charge on any atom is 0.433 e. The van der Waals surface area contributed by atoms with E-state index in [1.807, 2.05) is 0 Å². The molecule has 1 saturated heterocycles. The normalized spacial score (nSPS) is 18.0. The predicted octanol–water partition coefficient (Wildman–Crippen LogP) is 2.57. The third kappa shape index (κ3) is 4.23. The number of hydrogen-bond acceptors (Lipinski definition) is 5. The number of rotatable bonds is 3. The molecule has 0 aromatic carbocycles. The molecule has 0 saturated carbocycles. The molecule has 0 N–H and O–H groups in total. The van der Waals surface area contributed by atoms with Crippen LogP contribution in [0.2, 0.25) is 0 Å². The van der Waals surface area contributed by atoms with E-state index >= 15 is 0 Å². The van der Waals surface area contributed by atoms with Crippen molar-refractivity contribution in [3.05, 3.63) is 48.2 Å². The molecule has 0 aliphatic carbocycles. The minimum Gasteiger partial charge on any atom is -0.471 e. The zero-order valence-electron chi connectivity index (χ0n) is 13.1.